The van der Waals surface area contributed by atoms with E-state index in [1.54, 1.807) is 6.92 Å². The molecule has 1 aliphatic rings. The van der Waals surface area contributed by atoms with Crippen molar-refractivity contribution in [3.63, 3.8) is 0 Å². The largest absolute Gasteiger partial charge is 0.341 e. The van der Waals surface area contributed by atoms with E-state index in [9.17, 15) is 9.59 Å². The molecule has 3 nitrogen and oxygen atoms in total. The molecule has 19 heavy (non-hydrogen) atoms. The van der Waals surface area contributed by atoms with Crippen LogP contribution in [0.15, 0.2) is 24.3 Å². The zero-order valence-corrected chi connectivity index (χ0v) is 12.2. The maximum atomic E-state index is 11.9. The van der Waals surface area contributed by atoms with Gasteiger partial charge in [0.2, 0.25) is 5.91 Å². The highest BCUT2D eigenvalue weighted by molar-refractivity contribution is 8.14. The highest BCUT2D eigenvalue weighted by Crippen LogP contribution is 2.24. The number of likely N-dealkylation sites (tertiary alicyclic amines) is 1. The van der Waals surface area contributed by atoms with Gasteiger partial charge in [-0.05, 0) is 18.9 Å². The third kappa shape index (κ3) is 4.10. The second-order valence-electron chi connectivity index (χ2n) is 5.01. The van der Waals surface area contributed by atoms with Crippen molar-refractivity contribution in [2.75, 3.05) is 13.1 Å². The minimum Gasteiger partial charge on any atom is -0.341 e. The SMILES string of the molecule is CC(=O)SC1CC(=O)N(CCc2cccc(C)c2)C1. The summed E-state index contributed by atoms with van der Waals surface area (Å²) in [6.45, 7) is 5.08. The monoisotopic (exact) mass is 277 g/mol. The van der Waals surface area contributed by atoms with E-state index in [0.29, 0.717) is 13.0 Å². The van der Waals surface area contributed by atoms with E-state index in [0.717, 1.165) is 13.0 Å². The third-order valence-corrected chi connectivity index (χ3v) is 4.25. The molecule has 1 saturated heterocycles. The Morgan fingerprint density at radius 1 is 1.47 bits per heavy atom. The fraction of sp³-hybridized carbons (Fsp3) is 0.467. The van der Waals surface area contributed by atoms with Gasteiger partial charge in [-0.1, -0.05) is 41.6 Å². The van der Waals surface area contributed by atoms with E-state index < -0.39 is 0 Å². The Balaban J connectivity index is 1.86. The first-order chi connectivity index (χ1) is 9.04. The molecule has 1 aliphatic heterocycles. The molecule has 1 amide bonds. The van der Waals surface area contributed by atoms with Crippen LogP contribution in [0, 0.1) is 6.92 Å². The lowest BCUT2D eigenvalue weighted by Gasteiger charge is -2.16. The third-order valence-electron chi connectivity index (χ3n) is 3.26. The van der Waals surface area contributed by atoms with Gasteiger partial charge in [-0.2, -0.15) is 0 Å². The lowest BCUT2D eigenvalue weighted by molar-refractivity contribution is -0.127. The van der Waals surface area contributed by atoms with Crippen LogP contribution in [0.25, 0.3) is 0 Å². The summed E-state index contributed by atoms with van der Waals surface area (Å²) < 4.78 is 0. The number of hydrogen-bond acceptors (Lipinski definition) is 3. The Hall–Kier alpha value is -1.29. The molecule has 1 heterocycles. The van der Waals surface area contributed by atoms with Gasteiger partial charge in [-0.15, -0.1) is 0 Å². The average molecular weight is 277 g/mol. The molecule has 0 saturated carbocycles. The zero-order valence-electron chi connectivity index (χ0n) is 11.4. The summed E-state index contributed by atoms with van der Waals surface area (Å²) in [5.41, 5.74) is 2.51. The summed E-state index contributed by atoms with van der Waals surface area (Å²) in [4.78, 5) is 24.8. The maximum Gasteiger partial charge on any atom is 0.223 e. The minimum absolute atomic E-state index is 0.0957. The number of nitrogens with zero attached hydrogens (tertiary/aromatic N) is 1. The van der Waals surface area contributed by atoms with Crippen LogP contribution in [0.1, 0.15) is 24.5 Å². The number of amides is 1. The second kappa shape index (κ2) is 6.24. The fourth-order valence-corrected chi connectivity index (χ4v) is 3.35. The first kappa shape index (κ1) is 14.1. The highest BCUT2D eigenvalue weighted by atomic mass is 32.2. The van der Waals surface area contributed by atoms with Gasteiger partial charge in [0.15, 0.2) is 5.12 Å². The average Bonchev–Trinajstić information content (AvgIpc) is 2.66. The molecular weight excluding hydrogens is 258 g/mol. The number of aryl methyl sites for hydroxylation is 1. The Morgan fingerprint density at radius 2 is 2.26 bits per heavy atom. The molecule has 4 heteroatoms. The predicted octanol–water partition coefficient (Wildman–Crippen LogP) is 2.42. The van der Waals surface area contributed by atoms with Crippen LogP contribution in [0.5, 0.6) is 0 Å². The van der Waals surface area contributed by atoms with Gasteiger partial charge in [0.05, 0.1) is 0 Å². The number of carbonyl (C=O) groups is 2. The van der Waals surface area contributed by atoms with Crippen LogP contribution in [-0.2, 0) is 16.0 Å². The number of benzene rings is 1. The van der Waals surface area contributed by atoms with Gasteiger partial charge < -0.3 is 4.90 Å². The van der Waals surface area contributed by atoms with E-state index in [-0.39, 0.29) is 16.3 Å². The van der Waals surface area contributed by atoms with Crippen LogP contribution in [0.3, 0.4) is 0 Å². The first-order valence-corrected chi connectivity index (χ1v) is 7.43. The standard InChI is InChI=1S/C15H19NO2S/c1-11-4-3-5-13(8-11)6-7-16-10-14(9-15(16)18)19-12(2)17/h3-5,8,14H,6-7,9-10H2,1-2H3. The molecule has 0 bridgehead atoms. The highest BCUT2D eigenvalue weighted by Gasteiger charge is 2.30. The molecule has 0 N–H and O–H groups in total. The van der Waals surface area contributed by atoms with E-state index in [1.807, 2.05) is 11.0 Å². The van der Waals surface area contributed by atoms with Gasteiger partial charge in [0, 0.05) is 31.7 Å². The van der Waals surface area contributed by atoms with Crippen molar-refractivity contribution in [1.29, 1.82) is 0 Å². The zero-order chi connectivity index (χ0) is 13.8. The molecule has 0 aromatic heterocycles. The second-order valence-corrected chi connectivity index (χ2v) is 6.49. The molecule has 0 aliphatic carbocycles. The minimum atomic E-state index is 0.0957. The van der Waals surface area contributed by atoms with Crippen molar-refractivity contribution < 1.29 is 9.59 Å². The molecule has 1 atom stereocenters. The fourth-order valence-electron chi connectivity index (χ4n) is 2.40. The Kier molecular flexibility index (Phi) is 4.64. The molecule has 1 unspecified atom stereocenters. The number of rotatable bonds is 4. The van der Waals surface area contributed by atoms with Crippen LogP contribution < -0.4 is 0 Å². The van der Waals surface area contributed by atoms with E-state index >= 15 is 0 Å². The van der Waals surface area contributed by atoms with Crippen molar-refractivity contribution in [1.82, 2.24) is 4.90 Å². The number of thioether (sulfide) groups is 1. The van der Waals surface area contributed by atoms with Gasteiger partial charge in [0.25, 0.3) is 0 Å². The summed E-state index contributed by atoms with van der Waals surface area (Å²) in [6.07, 6.45) is 1.38. The molecule has 1 aromatic rings. The Morgan fingerprint density at radius 3 is 2.95 bits per heavy atom. The molecule has 0 spiro atoms. The molecule has 102 valence electrons. The van der Waals surface area contributed by atoms with Crippen LogP contribution in [0.4, 0.5) is 0 Å². The quantitative estimate of drug-likeness (QED) is 0.848. The van der Waals surface area contributed by atoms with Crippen molar-refractivity contribution in [2.45, 2.75) is 31.9 Å². The van der Waals surface area contributed by atoms with Gasteiger partial charge in [-0.25, -0.2) is 0 Å². The summed E-state index contributed by atoms with van der Waals surface area (Å²) in [7, 11) is 0. The molecule has 1 aromatic carbocycles. The van der Waals surface area contributed by atoms with Gasteiger partial charge >= 0.3 is 0 Å². The van der Waals surface area contributed by atoms with Crippen molar-refractivity contribution in [3.05, 3.63) is 35.4 Å². The van der Waals surface area contributed by atoms with Crippen LogP contribution in [-0.4, -0.2) is 34.3 Å². The van der Waals surface area contributed by atoms with Crippen molar-refractivity contribution in [3.8, 4) is 0 Å². The molecule has 0 radical (unpaired) electrons. The topological polar surface area (TPSA) is 37.4 Å². The Bertz CT molecular complexity index is 487. The van der Waals surface area contributed by atoms with Crippen LogP contribution in [0.2, 0.25) is 0 Å². The van der Waals surface area contributed by atoms with E-state index in [2.05, 4.69) is 25.1 Å². The van der Waals surface area contributed by atoms with Crippen LogP contribution >= 0.6 is 11.8 Å². The molecule has 1 fully saturated rings. The molecule has 2 rings (SSSR count). The predicted molar refractivity (Wildman–Crippen MR) is 78.1 cm³/mol. The Labute approximate surface area is 118 Å². The van der Waals surface area contributed by atoms with E-state index in [1.165, 1.54) is 22.9 Å². The smallest absolute Gasteiger partial charge is 0.223 e. The summed E-state index contributed by atoms with van der Waals surface area (Å²) in [6, 6.07) is 8.37. The summed E-state index contributed by atoms with van der Waals surface area (Å²) in [5, 5.41) is 0.237. The summed E-state index contributed by atoms with van der Waals surface area (Å²) in [5.74, 6) is 0.173. The normalized spacial score (nSPS) is 18.9. The first-order valence-electron chi connectivity index (χ1n) is 6.55. The van der Waals surface area contributed by atoms with Crippen molar-refractivity contribution in [2.24, 2.45) is 0 Å². The summed E-state index contributed by atoms with van der Waals surface area (Å²) >= 11 is 1.29. The van der Waals surface area contributed by atoms with E-state index in [4.69, 9.17) is 0 Å². The van der Waals surface area contributed by atoms with Crippen molar-refractivity contribution >= 4 is 22.8 Å². The lowest BCUT2D eigenvalue weighted by Crippen LogP contribution is -2.28. The molecular formula is C15H19NO2S. The maximum absolute atomic E-state index is 11.9. The number of carbonyl (C=O) groups excluding carboxylic acids is 2. The van der Waals surface area contributed by atoms with Gasteiger partial charge in [0.1, 0.15) is 0 Å². The lowest BCUT2D eigenvalue weighted by atomic mass is 10.1. The number of hydrogen-bond donors (Lipinski definition) is 0. The van der Waals surface area contributed by atoms with Gasteiger partial charge in [-0.3, -0.25) is 9.59 Å².